The molecule has 30 heavy (non-hydrogen) atoms. The lowest BCUT2D eigenvalue weighted by Gasteiger charge is -2.16. The van der Waals surface area contributed by atoms with Crippen LogP contribution in [0.5, 0.6) is 5.75 Å². The lowest BCUT2D eigenvalue weighted by Crippen LogP contribution is -2.30. The second-order valence-corrected chi connectivity index (χ2v) is 8.08. The number of aromatic nitrogens is 2. The molecule has 0 spiro atoms. The molecule has 2 aromatic carbocycles. The fourth-order valence-corrected chi connectivity index (χ4v) is 4.33. The maximum atomic E-state index is 13.3. The molecule has 4 aromatic rings. The molecule has 0 saturated carbocycles. The maximum absolute atomic E-state index is 13.3. The average Bonchev–Trinajstić information content (AvgIpc) is 3.15. The summed E-state index contributed by atoms with van der Waals surface area (Å²) in [6.07, 6.45) is 0.562. The summed E-state index contributed by atoms with van der Waals surface area (Å²) in [5.41, 5.74) is 3.20. The summed E-state index contributed by atoms with van der Waals surface area (Å²) in [5, 5.41) is 12.8. The Kier molecular flexibility index (Phi) is 5.65. The molecule has 0 bridgehead atoms. The first kappa shape index (κ1) is 20.3. The number of aliphatic hydroxyl groups is 1. The molecule has 1 unspecified atom stereocenters. The van der Waals surface area contributed by atoms with E-state index in [-0.39, 0.29) is 24.5 Å². The van der Waals surface area contributed by atoms with Crippen molar-refractivity contribution in [3.05, 3.63) is 81.5 Å². The summed E-state index contributed by atoms with van der Waals surface area (Å²) >= 11 is 1.36. The largest absolute Gasteiger partial charge is 0.490 e. The first-order chi connectivity index (χ1) is 14.4. The van der Waals surface area contributed by atoms with Gasteiger partial charge in [-0.3, -0.25) is 9.36 Å². The maximum Gasteiger partial charge on any atom is 0.262 e. The molecule has 4 rings (SSSR count). The Balaban J connectivity index is 1.57. The van der Waals surface area contributed by atoms with Crippen molar-refractivity contribution in [2.45, 2.75) is 26.5 Å². The molecule has 0 aliphatic heterocycles. The molecular formula is C23H21FN2O3S. The fourth-order valence-electron chi connectivity index (χ4n) is 3.43. The van der Waals surface area contributed by atoms with Crippen LogP contribution < -0.4 is 10.3 Å². The average molecular weight is 424 g/mol. The number of nitrogens with zero attached hydrogens (tertiary/aromatic N) is 2. The lowest BCUT2D eigenvalue weighted by atomic mass is 10.1. The molecule has 2 heterocycles. The van der Waals surface area contributed by atoms with Gasteiger partial charge in [0, 0.05) is 10.9 Å². The minimum atomic E-state index is -0.881. The minimum absolute atomic E-state index is 0.0601. The molecule has 0 radical (unpaired) electrons. The van der Waals surface area contributed by atoms with Crippen molar-refractivity contribution in [3.8, 4) is 16.9 Å². The molecular weight excluding hydrogens is 403 g/mol. The van der Waals surface area contributed by atoms with Gasteiger partial charge in [-0.15, -0.1) is 11.3 Å². The Morgan fingerprint density at radius 2 is 1.87 bits per heavy atom. The van der Waals surface area contributed by atoms with Gasteiger partial charge in [-0.05, 0) is 42.7 Å². The summed E-state index contributed by atoms with van der Waals surface area (Å²) in [7, 11) is 0. The van der Waals surface area contributed by atoms with Gasteiger partial charge in [0.1, 0.15) is 29.1 Å². The molecule has 2 aromatic heterocycles. The Morgan fingerprint density at radius 3 is 2.57 bits per heavy atom. The van der Waals surface area contributed by atoms with Crippen molar-refractivity contribution in [1.82, 2.24) is 9.55 Å². The second-order valence-electron chi connectivity index (χ2n) is 7.22. The molecule has 1 N–H and O–H groups in total. The zero-order valence-corrected chi connectivity index (χ0v) is 17.4. The van der Waals surface area contributed by atoms with E-state index in [0.29, 0.717) is 15.8 Å². The van der Waals surface area contributed by atoms with Crippen LogP contribution in [0.4, 0.5) is 4.39 Å². The summed E-state index contributed by atoms with van der Waals surface area (Å²) in [4.78, 5) is 18.0. The van der Waals surface area contributed by atoms with E-state index >= 15 is 0 Å². The minimum Gasteiger partial charge on any atom is -0.490 e. The molecule has 154 valence electrons. The third-order valence-electron chi connectivity index (χ3n) is 4.95. The van der Waals surface area contributed by atoms with E-state index in [1.165, 1.54) is 34.4 Å². The number of benzene rings is 2. The van der Waals surface area contributed by atoms with Crippen molar-refractivity contribution < 1.29 is 14.2 Å². The molecule has 0 fully saturated rings. The number of hydrogen-bond acceptors (Lipinski definition) is 5. The third-order valence-corrected chi connectivity index (χ3v) is 5.84. The molecule has 0 aliphatic carbocycles. The molecule has 7 heteroatoms. The molecule has 0 aliphatic rings. The van der Waals surface area contributed by atoms with Crippen molar-refractivity contribution in [2.24, 2.45) is 0 Å². The number of para-hydroxylation sites is 1. The van der Waals surface area contributed by atoms with E-state index < -0.39 is 6.10 Å². The first-order valence-electron chi connectivity index (χ1n) is 9.53. The summed E-state index contributed by atoms with van der Waals surface area (Å²) < 4.78 is 20.4. The smallest absolute Gasteiger partial charge is 0.262 e. The first-order valence-corrected chi connectivity index (χ1v) is 10.4. The number of aliphatic hydroxyl groups excluding tert-OH is 1. The normalized spacial score (nSPS) is 12.3. The quantitative estimate of drug-likeness (QED) is 0.501. The standard InChI is InChI=1S/C23H21FN2O3S/c1-14-4-3-5-15(2)21(14)29-11-18(27)10-26-13-25-22-20(23(26)28)19(12-30-22)16-6-8-17(24)9-7-16/h3-9,12-13,18,27H,10-11H2,1-2H3. The molecule has 0 saturated heterocycles. The van der Waals surface area contributed by atoms with Gasteiger partial charge >= 0.3 is 0 Å². The van der Waals surface area contributed by atoms with E-state index in [4.69, 9.17) is 4.74 Å². The number of aryl methyl sites for hydroxylation is 2. The van der Waals surface area contributed by atoms with Crippen LogP contribution in [-0.2, 0) is 6.54 Å². The number of hydrogen-bond donors (Lipinski definition) is 1. The van der Waals surface area contributed by atoms with Crippen molar-refractivity contribution in [3.63, 3.8) is 0 Å². The highest BCUT2D eigenvalue weighted by Crippen LogP contribution is 2.30. The highest BCUT2D eigenvalue weighted by molar-refractivity contribution is 7.17. The van der Waals surface area contributed by atoms with Crippen LogP contribution in [0.1, 0.15) is 11.1 Å². The topological polar surface area (TPSA) is 64.3 Å². The SMILES string of the molecule is Cc1cccc(C)c1OCC(O)Cn1cnc2scc(-c3ccc(F)cc3)c2c1=O. The van der Waals surface area contributed by atoms with Crippen molar-refractivity contribution in [2.75, 3.05) is 6.61 Å². The van der Waals surface area contributed by atoms with E-state index in [1.807, 2.05) is 37.4 Å². The van der Waals surface area contributed by atoms with Crippen LogP contribution in [0.3, 0.4) is 0 Å². The van der Waals surface area contributed by atoms with Crippen LogP contribution in [-0.4, -0.2) is 27.4 Å². The summed E-state index contributed by atoms with van der Waals surface area (Å²) in [6.45, 7) is 4.02. The van der Waals surface area contributed by atoms with Crippen LogP contribution >= 0.6 is 11.3 Å². The third kappa shape index (κ3) is 3.99. The van der Waals surface area contributed by atoms with E-state index in [1.54, 1.807) is 12.1 Å². The molecule has 5 nitrogen and oxygen atoms in total. The number of rotatable bonds is 6. The van der Waals surface area contributed by atoms with Gasteiger partial charge in [-0.1, -0.05) is 30.3 Å². The Bertz CT molecular complexity index is 1230. The van der Waals surface area contributed by atoms with E-state index in [9.17, 15) is 14.3 Å². The van der Waals surface area contributed by atoms with Crippen LogP contribution in [0, 0.1) is 19.7 Å². The zero-order chi connectivity index (χ0) is 21.3. The van der Waals surface area contributed by atoms with E-state index in [2.05, 4.69) is 4.98 Å². The van der Waals surface area contributed by atoms with Gasteiger partial charge in [0.2, 0.25) is 0 Å². The van der Waals surface area contributed by atoms with Gasteiger partial charge < -0.3 is 9.84 Å². The summed E-state index contributed by atoms with van der Waals surface area (Å²) in [6, 6.07) is 11.9. The second kappa shape index (κ2) is 8.38. The van der Waals surface area contributed by atoms with E-state index in [0.717, 1.165) is 22.4 Å². The Morgan fingerprint density at radius 1 is 1.17 bits per heavy atom. The van der Waals surface area contributed by atoms with Gasteiger partial charge in [-0.2, -0.15) is 0 Å². The predicted octanol–water partition coefficient (Wildman–Crippen LogP) is 4.32. The van der Waals surface area contributed by atoms with Gasteiger partial charge in [0.05, 0.1) is 18.3 Å². The fraction of sp³-hybridized carbons (Fsp3) is 0.217. The monoisotopic (exact) mass is 424 g/mol. The van der Waals surface area contributed by atoms with Crippen molar-refractivity contribution in [1.29, 1.82) is 0 Å². The number of halogens is 1. The van der Waals surface area contributed by atoms with Gasteiger partial charge in [-0.25, -0.2) is 9.37 Å². The summed E-state index contributed by atoms with van der Waals surface area (Å²) in [5.74, 6) is 0.412. The number of thiophene rings is 1. The highest BCUT2D eigenvalue weighted by Gasteiger charge is 2.16. The van der Waals surface area contributed by atoms with Crippen LogP contribution in [0.2, 0.25) is 0 Å². The van der Waals surface area contributed by atoms with Crippen LogP contribution in [0.25, 0.3) is 21.3 Å². The Hall–Kier alpha value is -3.03. The van der Waals surface area contributed by atoms with Gasteiger partial charge in [0.15, 0.2) is 0 Å². The number of fused-ring (bicyclic) bond motifs is 1. The molecule has 0 amide bonds. The predicted molar refractivity (Wildman–Crippen MR) is 117 cm³/mol. The number of ether oxygens (including phenoxy) is 1. The zero-order valence-electron chi connectivity index (χ0n) is 16.6. The van der Waals surface area contributed by atoms with Crippen molar-refractivity contribution >= 4 is 21.6 Å². The highest BCUT2D eigenvalue weighted by atomic mass is 32.1. The lowest BCUT2D eigenvalue weighted by molar-refractivity contribution is 0.0908. The Labute approximate surface area is 177 Å². The molecule has 1 atom stereocenters. The van der Waals surface area contributed by atoms with Crippen LogP contribution in [0.15, 0.2) is 59.0 Å². The van der Waals surface area contributed by atoms with Gasteiger partial charge in [0.25, 0.3) is 5.56 Å².